The van der Waals surface area contributed by atoms with E-state index < -0.39 is 0 Å². The zero-order valence-electron chi connectivity index (χ0n) is 12.1. The van der Waals surface area contributed by atoms with Crippen LogP contribution in [0.5, 0.6) is 0 Å². The van der Waals surface area contributed by atoms with Gasteiger partial charge in [0.2, 0.25) is 5.91 Å². The molecule has 0 spiro atoms. The number of aromatic nitrogens is 1. The van der Waals surface area contributed by atoms with Crippen molar-refractivity contribution in [2.45, 2.75) is 6.42 Å². The highest BCUT2D eigenvalue weighted by molar-refractivity contribution is 5.79. The molecule has 6 heteroatoms. The third kappa shape index (κ3) is 3.09. The molecule has 3 rings (SSSR count). The Morgan fingerprint density at radius 3 is 2.82 bits per heavy atom. The molecule has 1 saturated heterocycles. The molecule has 0 aliphatic carbocycles. The van der Waals surface area contributed by atoms with Crippen molar-refractivity contribution in [3.63, 3.8) is 0 Å². The van der Waals surface area contributed by atoms with E-state index in [4.69, 9.17) is 9.68 Å². The van der Waals surface area contributed by atoms with Gasteiger partial charge in [0.15, 0.2) is 0 Å². The fourth-order valence-corrected chi connectivity index (χ4v) is 2.53. The molecule has 2 aromatic heterocycles. The first-order valence-corrected chi connectivity index (χ1v) is 7.16. The van der Waals surface area contributed by atoms with E-state index in [1.165, 1.54) is 0 Å². The summed E-state index contributed by atoms with van der Waals surface area (Å²) in [6.07, 6.45) is 5.20. The van der Waals surface area contributed by atoms with Gasteiger partial charge in [0.1, 0.15) is 5.82 Å². The molecule has 6 nitrogen and oxygen atoms in total. The predicted molar refractivity (Wildman–Crippen MR) is 80.2 cm³/mol. The molecule has 0 radical (unpaired) electrons. The molecule has 112 valence electrons. The molecule has 1 aliphatic rings. The van der Waals surface area contributed by atoms with Crippen LogP contribution in [0, 0.1) is 11.3 Å². The summed E-state index contributed by atoms with van der Waals surface area (Å²) in [5.74, 6) is 0.903. The Balaban J connectivity index is 1.58. The summed E-state index contributed by atoms with van der Waals surface area (Å²) in [5, 5.41) is 8.94. The number of amides is 1. The number of piperazine rings is 1. The number of anilines is 1. The van der Waals surface area contributed by atoms with E-state index in [0.29, 0.717) is 25.1 Å². The standard InChI is InChI=1S/C16H16N4O2/c17-11-13-1-3-18-15(9-13)19-4-6-20(7-5-19)16(21)10-14-2-8-22-12-14/h1-3,8-9,12H,4-7,10H2. The van der Waals surface area contributed by atoms with Crippen LogP contribution in [0.2, 0.25) is 0 Å². The van der Waals surface area contributed by atoms with Gasteiger partial charge in [-0.2, -0.15) is 5.26 Å². The molecule has 22 heavy (non-hydrogen) atoms. The summed E-state index contributed by atoms with van der Waals surface area (Å²) in [5.41, 5.74) is 1.50. The number of carbonyl (C=O) groups is 1. The molecule has 0 atom stereocenters. The topological polar surface area (TPSA) is 73.4 Å². The monoisotopic (exact) mass is 296 g/mol. The summed E-state index contributed by atoms with van der Waals surface area (Å²) < 4.78 is 4.99. The smallest absolute Gasteiger partial charge is 0.227 e. The van der Waals surface area contributed by atoms with Gasteiger partial charge < -0.3 is 14.2 Å². The Morgan fingerprint density at radius 2 is 2.14 bits per heavy atom. The predicted octanol–water partition coefficient (Wildman–Crippen LogP) is 1.44. The highest BCUT2D eigenvalue weighted by Gasteiger charge is 2.22. The van der Waals surface area contributed by atoms with Gasteiger partial charge in [0.05, 0.1) is 30.6 Å². The number of hydrogen-bond acceptors (Lipinski definition) is 5. The number of hydrogen-bond donors (Lipinski definition) is 0. The van der Waals surface area contributed by atoms with Crippen molar-refractivity contribution in [3.05, 3.63) is 48.0 Å². The second kappa shape index (κ2) is 6.31. The molecule has 0 N–H and O–H groups in total. The van der Waals surface area contributed by atoms with Crippen molar-refractivity contribution in [3.8, 4) is 6.07 Å². The highest BCUT2D eigenvalue weighted by atomic mass is 16.3. The maximum atomic E-state index is 12.2. The van der Waals surface area contributed by atoms with Crippen molar-refractivity contribution in [2.24, 2.45) is 0 Å². The largest absolute Gasteiger partial charge is 0.472 e. The second-order valence-corrected chi connectivity index (χ2v) is 5.19. The summed E-state index contributed by atoms with van der Waals surface area (Å²) in [6.45, 7) is 2.77. The average Bonchev–Trinajstić information content (AvgIpc) is 3.08. The van der Waals surface area contributed by atoms with Crippen LogP contribution in [0.4, 0.5) is 5.82 Å². The van der Waals surface area contributed by atoms with Crippen LogP contribution in [0.15, 0.2) is 41.3 Å². The molecule has 1 fully saturated rings. The lowest BCUT2D eigenvalue weighted by molar-refractivity contribution is -0.130. The molecule has 0 aromatic carbocycles. The van der Waals surface area contributed by atoms with Crippen molar-refractivity contribution in [2.75, 3.05) is 31.1 Å². The minimum Gasteiger partial charge on any atom is -0.472 e. The quantitative estimate of drug-likeness (QED) is 0.857. The first-order valence-electron chi connectivity index (χ1n) is 7.16. The van der Waals surface area contributed by atoms with Crippen molar-refractivity contribution >= 4 is 11.7 Å². The van der Waals surface area contributed by atoms with E-state index in [1.54, 1.807) is 30.9 Å². The van der Waals surface area contributed by atoms with Crippen LogP contribution in [-0.4, -0.2) is 42.0 Å². The van der Waals surface area contributed by atoms with Crippen LogP contribution >= 0.6 is 0 Å². The van der Waals surface area contributed by atoms with E-state index in [1.807, 2.05) is 11.0 Å². The summed E-state index contributed by atoms with van der Waals surface area (Å²) in [6, 6.07) is 7.40. The Labute approximate surface area is 128 Å². The maximum absolute atomic E-state index is 12.2. The number of rotatable bonds is 3. The lowest BCUT2D eigenvalue weighted by atomic mass is 10.2. The SMILES string of the molecule is N#Cc1ccnc(N2CCN(C(=O)Cc3ccoc3)CC2)c1. The molecule has 0 bridgehead atoms. The fourth-order valence-electron chi connectivity index (χ4n) is 2.53. The summed E-state index contributed by atoms with van der Waals surface area (Å²) >= 11 is 0. The van der Waals surface area contributed by atoms with Gasteiger partial charge in [0.25, 0.3) is 0 Å². The van der Waals surface area contributed by atoms with Crippen LogP contribution in [0.25, 0.3) is 0 Å². The second-order valence-electron chi connectivity index (χ2n) is 5.19. The molecule has 0 saturated carbocycles. The summed E-state index contributed by atoms with van der Waals surface area (Å²) in [7, 11) is 0. The van der Waals surface area contributed by atoms with Crippen LogP contribution in [0.3, 0.4) is 0 Å². The third-order valence-electron chi connectivity index (χ3n) is 3.77. The molecule has 1 aliphatic heterocycles. The van der Waals surface area contributed by atoms with Gasteiger partial charge in [-0.1, -0.05) is 0 Å². The van der Waals surface area contributed by atoms with Crippen LogP contribution in [-0.2, 0) is 11.2 Å². The van der Waals surface area contributed by atoms with Gasteiger partial charge in [-0.05, 0) is 23.8 Å². The maximum Gasteiger partial charge on any atom is 0.227 e. The first kappa shape index (κ1) is 14.1. The van der Waals surface area contributed by atoms with E-state index in [0.717, 1.165) is 24.5 Å². The molecule has 0 unspecified atom stereocenters. The van der Waals surface area contributed by atoms with Crippen molar-refractivity contribution in [1.29, 1.82) is 5.26 Å². The molecular formula is C16H16N4O2. The van der Waals surface area contributed by atoms with E-state index in [2.05, 4.69) is 16.0 Å². The lowest BCUT2D eigenvalue weighted by Gasteiger charge is -2.35. The van der Waals surface area contributed by atoms with Gasteiger partial charge >= 0.3 is 0 Å². The van der Waals surface area contributed by atoms with Crippen LogP contribution < -0.4 is 4.90 Å². The van der Waals surface area contributed by atoms with Crippen molar-refractivity contribution in [1.82, 2.24) is 9.88 Å². The average molecular weight is 296 g/mol. The zero-order chi connectivity index (χ0) is 15.4. The number of carbonyl (C=O) groups excluding carboxylic acids is 1. The Hall–Kier alpha value is -2.81. The molecule has 1 amide bonds. The summed E-state index contributed by atoms with van der Waals surface area (Å²) in [4.78, 5) is 20.5. The Kier molecular flexibility index (Phi) is 4.05. The molecular weight excluding hydrogens is 280 g/mol. The molecule has 2 aromatic rings. The number of nitriles is 1. The highest BCUT2D eigenvalue weighted by Crippen LogP contribution is 2.15. The normalized spacial score (nSPS) is 14.7. The number of furan rings is 1. The first-order chi connectivity index (χ1) is 10.8. The number of nitrogens with zero attached hydrogens (tertiary/aromatic N) is 4. The van der Waals surface area contributed by atoms with E-state index >= 15 is 0 Å². The lowest BCUT2D eigenvalue weighted by Crippen LogP contribution is -2.49. The minimum atomic E-state index is 0.111. The molecule has 3 heterocycles. The Bertz CT molecular complexity index is 682. The van der Waals surface area contributed by atoms with Crippen LogP contribution in [0.1, 0.15) is 11.1 Å². The van der Waals surface area contributed by atoms with Gasteiger partial charge in [-0.15, -0.1) is 0 Å². The van der Waals surface area contributed by atoms with E-state index in [9.17, 15) is 4.79 Å². The van der Waals surface area contributed by atoms with Gasteiger partial charge in [0, 0.05) is 32.4 Å². The zero-order valence-corrected chi connectivity index (χ0v) is 12.1. The minimum absolute atomic E-state index is 0.111. The van der Waals surface area contributed by atoms with Gasteiger partial charge in [-0.25, -0.2) is 4.98 Å². The number of pyridine rings is 1. The van der Waals surface area contributed by atoms with Gasteiger partial charge in [-0.3, -0.25) is 4.79 Å². The Morgan fingerprint density at radius 1 is 1.32 bits per heavy atom. The fraction of sp³-hybridized carbons (Fsp3) is 0.312. The van der Waals surface area contributed by atoms with E-state index in [-0.39, 0.29) is 5.91 Å². The van der Waals surface area contributed by atoms with Crippen molar-refractivity contribution < 1.29 is 9.21 Å². The third-order valence-corrected chi connectivity index (χ3v) is 3.77.